The summed E-state index contributed by atoms with van der Waals surface area (Å²) in [5, 5.41) is 6.46. The topological polar surface area (TPSA) is 41.1 Å². The van der Waals surface area contributed by atoms with Crippen molar-refractivity contribution in [1.29, 1.82) is 0 Å². The molecule has 0 spiro atoms. The van der Waals surface area contributed by atoms with Gasteiger partial charge in [0.2, 0.25) is 0 Å². The Kier molecular flexibility index (Phi) is 4.83. The molecule has 0 atom stereocenters. The number of rotatable bonds is 6. The lowest BCUT2D eigenvalue weighted by molar-refractivity contribution is 0.0952. The molecule has 0 unspecified atom stereocenters. The van der Waals surface area contributed by atoms with Crippen molar-refractivity contribution in [2.24, 2.45) is 5.92 Å². The van der Waals surface area contributed by atoms with Crippen molar-refractivity contribution in [3.8, 4) is 0 Å². The molecule has 0 saturated heterocycles. The largest absolute Gasteiger partial charge is 0.352 e. The highest BCUT2D eigenvalue weighted by Crippen LogP contribution is 2.27. The minimum absolute atomic E-state index is 0. The van der Waals surface area contributed by atoms with E-state index in [0.29, 0.717) is 0 Å². The fourth-order valence-electron chi connectivity index (χ4n) is 1.98. The van der Waals surface area contributed by atoms with Crippen LogP contribution in [0.25, 0.3) is 0 Å². The second-order valence-electron chi connectivity index (χ2n) is 5.51. The zero-order valence-corrected chi connectivity index (χ0v) is 11.8. The van der Waals surface area contributed by atoms with Gasteiger partial charge in [0.05, 0.1) is 0 Å². The van der Waals surface area contributed by atoms with Crippen LogP contribution in [0.2, 0.25) is 0 Å². The molecule has 2 saturated carbocycles. The van der Waals surface area contributed by atoms with Gasteiger partial charge < -0.3 is 10.6 Å². The first-order valence-corrected chi connectivity index (χ1v) is 6.92. The molecule has 19 heavy (non-hydrogen) atoms. The first-order chi connectivity index (χ1) is 8.81. The Bertz CT molecular complexity index is 424. The number of halogens is 1. The molecular weight excluding hydrogens is 260 g/mol. The number of hydrogen-bond donors (Lipinski definition) is 2. The molecule has 2 aliphatic carbocycles. The Labute approximate surface area is 120 Å². The van der Waals surface area contributed by atoms with Crippen molar-refractivity contribution in [2.45, 2.75) is 38.3 Å². The highest BCUT2D eigenvalue weighted by Gasteiger charge is 2.22. The van der Waals surface area contributed by atoms with E-state index in [9.17, 15) is 4.79 Å². The van der Waals surface area contributed by atoms with Gasteiger partial charge in [-0.1, -0.05) is 12.1 Å². The van der Waals surface area contributed by atoms with Crippen LogP contribution in [0.5, 0.6) is 0 Å². The molecule has 3 nitrogen and oxygen atoms in total. The lowest BCUT2D eigenvalue weighted by Gasteiger charge is -2.06. The minimum Gasteiger partial charge on any atom is -0.352 e. The normalized spacial score (nSPS) is 17.7. The van der Waals surface area contributed by atoms with Gasteiger partial charge in [0.15, 0.2) is 0 Å². The summed E-state index contributed by atoms with van der Waals surface area (Å²) in [6.45, 7) is 1.75. The number of benzene rings is 1. The van der Waals surface area contributed by atoms with E-state index in [-0.39, 0.29) is 18.3 Å². The van der Waals surface area contributed by atoms with Crippen molar-refractivity contribution in [1.82, 2.24) is 10.6 Å². The van der Waals surface area contributed by atoms with Gasteiger partial charge in [0.1, 0.15) is 0 Å². The van der Waals surface area contributed by atoms with E-state index in [0.717, 1.165) is 30.6 Å². The smallest absolute Gasteiger partial charge is 0.251 e. The van der Waals surface area contributed by atoms with Gasteiger partial charge >= 0.3 is 0 Å². The monoisotopic (exact) mass is 280 g/mol. The second-order valence-corrected chi connectivity index (χ2v) is 5.51. The predicted molar refractivity (Wildman–Crippen MR) is 78.6 cm³/mol. The highest BCUT2D eigenvalue weighted by molar-refractivity contribution is 5.94. The molecule has 4 heteroatoms. The highest BCUT2D eigenvalue weighted by atomic mass is 35.5. The van der Waals surface area contributed by atoms with E-state index in [1.165, 1.54) is 31.2 Å². The van der Waals surface area contributed by atoms with Crippen LogP contribution in [0, 0.1) is 5.92 Å². The predicted octanol–water partition coefficient (Wildman–Crippen LogP) is 2.50. The summed E-state index contributed by atoms with van der Waals surface area (Å²) < 4.78 is 0. The third kappa shape index (κ3) is 4.51. The summed E-state index contributed by atoms with van der Waals surface area (Å²) in [6, 6.07) is 8.66. The van der Waals surface area contributed by atoms with E-state index in [1.807, 2.05) is 24.3 Å². The van der Waals surface area contributed by atoms with Crippen molar-refractivity contribution in [3.05, 3.63) is 35.4 Å². The summed E-state index contributed by atoms with van der Waals surface area (Å²) in [4.78, 5) is 11.8. The lowest BCUT2D eigenvalue weighted by atomic mass is 10.1. The summed E-state index contributed by atoms with van der Waals surface area (Å²) in [5.74, 6) is 0.791. The Morgan fingerprint density at radius 1 is 1.11 bits per heavy atom. The van der Waals surface area contributed by atoms with Gasteiger partial charge in [-0.3, -0.25) is 4.79 Å². The zero-order chi connectivity index (χ0) is 12.4. The minimum atomic E-state index is 0. The van der Waals surface area contributed by atoms with Crippen LogP contribution < -0.4 is 10.6 Å². The molecule has 2 fully saturated rings. The van der Waals surface area contributed by atoms with Crippen molar-refractivity contribution in [2.75, 3.05) is 6.54 Å². The summed E-state index contributed by atoms with van der Waals surface area (Å²) >= 11 is 0. The maximum atomic E-state index is 11.8. The lowest BCUT2D eigenvalue weighted by Crippen LogP contribution is -2.25. The summed E-state index contributed by atoms with van der Waals surface area (Å²) in [7, 11) is 0. The molecule has 1 aromatic carbocycles. The quantitative estimate of drug-likeness (QED) is 0.841. The molecule has 104 valence electrons. The van der Waals surface area contributed by atoms with E-state index >= 15 is 0 Å². The molecule has 1 aromatic rings. The molecule has 1 amide bonds. The first-order valence-electron chi connectivity index (χ1n) is 6.92. The van der Waals surface area contributed by atoms with Crippen LogP contribution in [0.3, 0.4) is 0 Å². The molecule has 0 bridgehead atoms. The molecule has 3 rings (SSSR count). The molecular formula is C15H21ClN2O. The van der Waals surface area contributed by atoms with Gasteiger partial charge in [0, 0.05) is 24.7 Å². The number of carbonyl (C=O) groups excluding carboxylic acids is 1. The molecule has 0 aliphatic heterocycles. The van der Waals surface area contributed by atoms with Crippen LogP contribution in [-0.2, 0) is 6.54 Å². The third-order valence-electron chi connectivity index (χ3n) is 3.64. The standard InChI is InChI=1S/C15H20N2O.ClH/c18-15(17-10-11-1-2-11)13-5-3-12(4-6-13)9-16-14-7-8-14;/h3-6,11,14,16H,1-2,7-10H2,(H,17,18);1H. The molecule has 2 N–H and O–H groups in total. The van der Waals surface area contributed by atoms with E-state index < -0.39 is 0 Å². The van der Waals surface area contributed by atoms with Crippen LogP contribution in [0.4, 0.5) is 0 Å². The number of nitrogens with one attached hydrogen (secondary N) is 2. The van der Waals surface area contributed by atoms with Gasteiger partial charge in [0.25, 0.3) is 5.91 Å². The molecule has 0 aromatic heterocycles. The van der Waals surface area contributed by atoms with Crippen LogP contribution in [0.15, 0.2) is 24.3 Å². The summed E-state index contributed by atoms with van der Waals surface area (Å²) in [5.41, 5.74) is 2.02. The van der Waals surface area contributed by atoms with Crippen LogP contribution in [-0.4, -0.2) is 18.5 Å². The van der Waals surface area contributed by atoms with Crippen LogP contribution in [0.1, 0.15) is 41.6 Å². The van der Waals surface area contributed by atoms with E-state index in [4.69, 9.17) is 0 Å². The molecule has 0 heterocycles. The SMILES string of the molecule is Cl.O=C(NCC1CC1)c1ccc(CNC2CC2)cc1. The van der Waals surface area contributed by atoms with Crippen molar-refractivity contribution >= 4 is 18.3 Å². The number of carbonyl (C=O) groups is 1. The van der Waals surface area contributed by atoms with Crippen LogP contribution >= 0.6 is 12.4 Å². The summed E-state index contributed by atoms with van der Waals surface area (Å²) in [6.07, 6.45) is 5.15. The van der Waals surface area contributed by atoms with E-state index in [2.05, 4.69) is 10.6 Å². The van der Waals surface area contributed by atoms with Gasteiger partial charge in [-0.25, -0.2) is 0 Å². The average Bonchev–Trinajstić information content (AvgIpc) is 3.29. The Morgan fingerprint density at radius 3 is 2.37 bits per heavy atom. The zero-order valence-electron chi connectivity index (χ0n) is 11.0. The van der Waals surface area contributed by atoms with Gasteiger partial charge in [-0.2, -0.15) is 0 Å². The van der Waals surface area contributed by atoms with Gasteiger partial charge in [-0.15, -0.1) is 12.4 Å². The van der Waals surface area contributed by atoms with Gasteiger partial charge in [-0.05, 0) is 49.3 Å². The number of hydrogen-bond acceptors (Lipinski definition) is 2. The Balaban J connectivity index is 0.00000133. The molecule has 0 radical (unpaired) electrons. The maximum Gasteiger partial charge on any atom is 0.251 e. The average molecular weight is 281 g/mol. The van der Waals surface area contributed by atoms with E-state index in [1.54, 1.807) is 0 Å². The fraction of sp³-hybridized carbons (Fsp3) is 0.533. The maximum absolute atomic E-state index is 11.8. The second kappa shape index (κ2) is 6.40. The fourth-order valence-corrected chi connectivity index (χ4v) is 1.98. The third-order valence-corrected chi connectivity index (χ3v) is 3.64. The Morgan fingerprint density at radius 2 is 1.79 bits per heavy atom. The molecule has 2 aliphatic rings. The number of amides is 1. The van der Waals surface area contributed by atoms with Crippen molar-refractivity contribution in [3.63, 3.8) is 0 Å². The van der Waals surface area contributed by atoms with Crippen molar-refractivity contribution < 1.29 is 4.79 Å². The first kappa shape index (κ1) is 14.4. The Hall–Kier alpha value is -1.06.